The molecule has 0 spiro atoms. The Kier molecular flexibility index (Phi) is 18.8. The number of amides is 4. The molecule has 3 aliphatic heterocycles. The van der Waals surface area contributed by atoms with Crippen LogP contribution in [0.1, 0.15) is 112 Å². The summed E-state index contributed by atoms with van der Waals surface area (Å²) in [4.78, 5) is 97.2. The van der Waals surface area contributed by atoms with Crippen molar-refractivity contribution in [3.05, 3.63) is 172 Å². The van der Waals surface area contributed by atoms with E-state index >= 15 is 0 Å². The van der Waals surface area contributed by atoms with Gasteiger partial charge in [-0.3, -0.25) is 47.6 Å². The zero-order valence-electron chi connectivity index (χ0n) is 57.8. The molecule has 6 fully saturated rings. The van der Waals surface area contributed by atoms with Gasteiger partial charge in [-0.15, -0.1) is 0 Å². The molecule has 29 heteroatoms. The van der Waals surface area contributed by atoms with E-state index in [1.54, 1.807) is 31.3 Å². The van der Waals surface area contributed by atoms with Crippen LogP contribution in [0.2, 0.25) is 0 Å². The minimum absolute atomic E-state index is 0.0197. The number of ether oxygens (including phenoxy) is 1. The van der Waals surface area contributed by atoms with E-state index in [9.17, 15) is 33.6 Å². The molecule has 7 aromatic heterocycles. The summed E-state index contributed by atoms with van der Waals surface area (Å²) in [5, 5.41) is 38.4. The van der Waals surface area contributed by atoms with E-state index in [0.29, 0.717) is 93.5 Å². The third-order valence-corrected chi connectivity index (χ3v) is 21.1. The smallest absolute Gasteiger partial charge is 0.290 e. The van der Waals surface area contributed by atoms with Crippen LogP contribution in [0.5, 0.6) is 5.75 Å². The van der Waals surface area contributed by atoms with Gasteiger partial charge in [0, 0.05) is 73.1 Å². The van der Waals surface area contributed by atoms with Crippen molar-refractivity contribution in [2.24, 2.45) is 11.8 Å². The van der Waals surface area contributed by atoms with E-state index in [-0.39, 0.29) is 76.4 Å². The molecule has 4 aromatic carbocycles. The average molecular weight is 1420 g/mol. The fourth-order valence-corrected chi connectivity index (χ4v) is 15.7. The van der Waals surface area contributed by atoms with E-state index in [1.807, 2.05) is 94.5 Å². The molecule has 3 saturated heterocycles. The quantitative estimate of drug-likeness (QED) is 0.0500. The number of oxazole rings is 1. The lowest BCUT2D eigenvalue weighted by Gasteiger charge is -2.32. The molecular formula is C76H80N20O9. The number of benzene rings is 4. The van der Waals surface area contributed by atoms with Crippen LogP contribution < -0.4 is 43.9 Å². The summed E-state index contributed by atoms with van der Waals surface area (Å²) in [5.41, 5.74) is 25.7. The van der Waals surface area contributed by atoms with Gasteiger partial charge in [-0.1, -0.05) is 56.1 Å². The minimum atomic E-state index is -0.393. The molecule has 0 bridgehead atoms. The number of carbonyl (C=O) groups is 4. The van der Waals surface area contributed by atoms with Crippen molar-refractivity contribution in [1.29, 1.82) is 0 Å². The largest absolute Gasteiger partial charge is 0.490 e. The molecule has 17 rings (SSSR count). The number of nitrogens with zero attached hydrogens (tertiary/aromatic N) is 13. The number of carbonyl (C=O) groups excluding carboxylic acids is 4. The minimum Gasteiger partial charge on any atom is -0.490 e. The highest BCUT2D eigenvalue weighted by Gasteiger charge is 2.47. The van der Waals surface area contributed by atoms with Gasteiger partial charge < -0.3 is 46.4 Å². The van der Waals surface area contributed by atoms with Gasteiger partial charge in [0.05, 0.1) is 40.4 Å². The molecule has 0 radical (unpaired) electrons. The first-order valence-electron chi connectivity index (χ1n) is 35.7. The van der Waals surface area contributed by atoms with Crippen molar-refractivity contribution in [1.82, 2.24) is 84.9 Å². The number of aromatic nitrogens is 13. The zero-order chi connectivity index (χ0) is 72.7. The van der Waals surface area contributed by atoms with E-state index in [2.05, 4.69) is 60.6 Å². The van der Waals surface area contributed by atoms with Gasteiger partial charge in [0.25, 0.3) is 22.6 Å². The summed E-state index contributed by atoms with van der Waals surface area (Å²) >= 11 is 0. The van der Waals surface area contributed by atoms with Crippen LogP contribution in [-0.4, -0.2) is 155 Å². The summed E-state index contributed by atoms with van der Waals surface area (Å²) in [6.07, 6.45) is 16.3. The summed E-state index contributed by atoms with van der Waals surface area (Å²) in [5.74, 6) is 3.30. The number of piperidine rings is 2. The van der Waals surface area contributed by atoms with Gasteiger partial charge in [-0.2, -0.15) is 30.6 Å². The second-order valence-corrected chi connectivity index (χ2v) is 27.8. The van der Waals surface area contributed by atoms with E-state index < -0.39 is 5.56 Å². The lowest BCUT2D eigenvalue weighted by molar-refractivity contribution is -0.128. The van der Waals surface area contributed by atoms with Gasteiger partial charge in [-0.25, -0.2) is 20.3 Å². The highest BCUT2D eigenvalue weighted by molar-refractivity contribution is 6.03. The number of anilines is 3. The monoisotopic (exact) mass is 1420 g/mol. The van der Waals surface area contributed by atoms with Crippen LogP contribution in [0, 0.1) is 11.8 Å². The molecule has 4 amide bonds. The number of rotatable bonds is 14. The number of aromatic amines is 3. The zero-order valence-corrected chi connectivity index (χ0v) is 57.8. The van der Waals surface area contributed by atoms with Gasteiger partial charge >= 0.3 is 0 Å². The molecule has 4 atom stereocenters. The van der Waals surface area contributed by atoms with Gasteiger partial charge in [0.2, 0.25) is 23.6 Å². The predicted molar refractivity (Wildman–Crippen MR) is 397 cm³/mol. The fraction of sp³-hybridized carbons (Fsp3) is 0.342. The van der Waals surface area contributed by atoms with E-state index in [4.69, 9.17) is 41.7 Å². The lowest BCUT2D eigenvalue weighted by atomic mass is 9.91. The molecule has 538 valence electrons. The molecule has 10 heterocycles. The highest BCUT2D eigenvalue weighted by atomic mass is 16.5. The third kappa shape index (κ3) is 13.6. The number of hydrogen-bond acceptors (Lipinski definition) is 19. The summed E-state index contributed by atoms with van der Waals surface area (Å²) < 4.78 is 17.2. The standard InChI is InChI=1S/C26H23N7O3.C26H30N6O3.C24H27N7O3/c1-2-20(34)32-13-5-6-17(14-32)33-23-21(24(27)29-30-25(23)35)22(31-33)15-9-11-16(12-10-15)26-28-18-7-3-4-8-19(18)36-26;1-2-21(33)28-17-5-7-18(8-6-17)32-24-22(25(27)29-30-26(24)34)23(31-32)14-3-9-19(10-4-14)35-20-12-15-11-16(15)13-20;1-2-18(32)30-13-5-6-17(14-30)31-21-19(22(25)26-27-23(21)33)20(28-31)15-7-9-16(10-8-15)24(34)29-11-3-4-12-29/h2-4,7-12,17H,1,5-6,13-14H2,(H2,27,29)(H,30,35);2-4,9-10,15-18,20H,1,5-8,11-13H2,(H2,27,29)(H,28,33)(H,30,34);2,7-10,17H,1,3-6,11-14H2,(H2,25,26)(H,27,33)/t17-;;17-/m1.1/s1. The molecular weight excluding hydrogens is 1340 g/mol. The van der Waals surface area contributed by atoms with Crippen LogP contribution in [0.4, 0.5) is 17.5 Å². The Hall–Kier alpha value is -12.3. The highest BCUT2D eigenvalue weighted by Crippen LogP contribution is 2.53. The molecule has 3 aliphatic carbocycles. The lowest BCUT2D eigenvalue weighted by Crippen LogP contribution is -2.40. The van der Waals surface area contributed by atoms with Crippen LogP contribution in [0.15, 0.2) is 154 Å². The molecule has 10 N–H and O–H groups in total. The molecule has 11 aromatic rings. The number of para-hydroxylation sites is 2. The Labute approximate surface area is 600 Å². The second kappa shape index (κ2) is 28.9. The molecule has 3 saturated carbocycles. The molecule has 6 aliphatic rings. The number of nitrogen functional groups attached to an aromatic ring is 3. The number of nitrogens with one attached hydrogen (secondary N) is 4. The van der Waals surface area contributed by atoms with Crippen LogP contribution >= 0.6 is 0 Å². The van der Waals surface area contributed by atoms with Gasteiger partial charge in [0.1, 0.15) is 44.9 Å². The Morgan fingerprint density at radius 3 is 1.44 bits per heavy atom. The predicted octanol–water partition coefficient (Wildman–Crippen LogP) is 8.81. The molecule has 2 unspecified atom stereocenters. The van der Waals surface area contributed by atoms with Crippen molar-refractivity contribution in [2.75, 3.05) is 56.5 Å². The topological polar surface area (TPSA) is 394 Å². The van der Waals surface area contributed by atoms with Gasteiger partial charge in [0.15, 0.2) is 23.0 Å². The van der Waals surface area contributed by atoms with Crippen molar-refractivity contribution in [3.8, 4) is 51.0 Å². The van der Waals surface area contributed by atoms with Crippen LogP contribution in [0.3, 0.4) is 0 Å². The maximum atomic E-state index is 12.9. The maximum Gasteiger partial charge on any atom is 0.290 e. The Balaban J connectivity index is 0.000000127. The van der Waals surface area contributed by atoms with E-state index in [0.717, 1.165) is 141 Å². The first-order valence-corrected chi connectivity index (χ1v) is 35.7. The summed E-state index contributed by atoms with van der Waals surface area (Å²) in [6.45, 7) is 14.4. The second-order valence-electron chi connectivity index (χ2n) is 27.8. The summed E-state index contributed by atoms with van der Waals surface area (Å²) in [7, 11) is 0. The normalized spacial score (nSPS) is 20.6. The number of H-pyrrole nitrogens is 3. The van der Waals surface area contributed by atoms with E-state index in [1.165, 1.54) is 24.6 Å². The van der Waals surface area contributed by atoms with Crippen molar-refractivity contribution in [3.63, 3.8) is 0 Å². The first kappa shape index (κ1) is 68.5. The average Bonchev–Trinajstić information content (AvgIpc) is 1.52. The number of likely N-dealkylation sites (tertiary alicyclic amines) is 3. The number of nitrogens with two attached hydrogens (primary N) is 3. The van der Waals surface area contributed by atoms with Crippen molar-refractivity contribution in [2.45, 2.75) is 114 Å². The summed E-state index contributed by atoms with van der Waals surface area (Å²) in [6, 6.07) is 30.0. The first-order chi connectivity index (χ1) is 51.0. The van der Waals surface area contributed by atoms with Crippen LogP contribution in [-0.2, 0) is 14.4 Å². The van der Waals surface area contributed by atoms with Crippen molar-refractivity contribution < 1.29 is 28.3 Å². The van der Waals surface area contributed by atoms with Gasteiger partial charge in [-0.05, 0) is 174 Å². The fourth-order valence-electron chi connectivity index (χ4n) is 15.7. The Bertz CT molecular complexity index is 5340. The maximum absolute atomic E-state index is 12.9. The number of fused-ring (bicyclic) bond motifs is 5. The van der Waals surface area contributed by atoms with Crippen LogP contribution in [0.25, 0.3) is 89.0 Å². The molecule has 105 heavy (non-hydrogen) atoms. The third-order valence-electron chi connectivity index (χ3n) is 21.1. The Morgan fingerprint density at radius 1 is 0.514 bits per heavy atom. The molecule has 29 nitrogen and oxygen atoms in total. The SMILES string of the molecule is C=CC(=O)N1CCC[C@@H](n2nc(-c3ccc(-c4nc5ccccc5o4)cc3)c3c(N)n[nH]c(=O)c32)C1.C=CC(=O)N1CCC[C@@H](n2nc(-c3ccc(C(=O)N4CCCC4)cc3)c3c(N)n[nH]c(=O)c32)C1.C=CC(=O)NC1CCC(n2nc(-c3ccc(OC4CC5CC5C4)cc3)c3c(N)n[nH]c(=O)c32)CC1. The Morgan fingerprint density at radius 2 is 0.962 bits per heavy atom. The van der Waals surface area contributed by atoms with Crippen molar-refractivity contribution >= 4 is 84.9 Å². The number of hydrogen-bond donors (Lipinski definition) is 7.